The Kier molecular flexibility index (Phi) is 2.61. The third-order valence-electron chi connectivity index (χ3n) is 2.12. The van der Waals surface area contributed by atoms with Crippen LogP contribution in [0, 0.1) is 0 Å². The Morgan fingerprint density at radius 1 is 1.23 bits per heavy atom. The lowest BCUT2D eigenvalue weighted by molar-refractivity contribution is 0.588. The van der Waals surface area contributed by atoms with E-state index in [4.69, 9.17) is 11.6 Å². The molecule has 0 spiro atoms. The van der Waals surface area contributed by atoms with Crippen LogP contribution in [0.15, 0.2) is 12.4 Å². The molecule has 1 aliphatic heterocycles. The summed E-state index contributed by atoms with van der Waals surface area (Å²) in [6, 6.07) is 0. The number of anilines is 1. The summed E-state index contributed by atoms with van der Waals surface area (Å²) < 4.78 is 0. The van der Waals surface area contributed by atoms with Crippen molar-refractivity contribution >= 4 is 17.3 Å². The van der Waals surface area contributed by atoms with Gasteiger partial charge in [-0.3, -0.25) is 0 Å². The third kappa shape index (κ3) is 1.89. The molecule has 1 fully saturated rings. The average molecular weight is 199 g/mol. The van der Waals surface area contributed by atoms with Crippen LogP contribution >= 0.6 is 11.6 Å². The minimum absolute atomic E-state index is 0.678. The van der Waals surface area contributed by atoms with Crippen LogP contribution in [-0.2, 0) is 0 Å². The van der Waals surface area contributed by atoms with E-state index < -0.39 is 0 Å². The summed E-state index contributed by atoms with van der Waals surface area (Å²) in [5.74, 6) is 0. The summed E-state index contributed by atoms with van der Waals surface area (Å²) in [6.45, 7) is 3.95. The maximum absolute atomic E-state index is 5.99. The monoisotopic (exact) mass is 198 g/mol. The fourth-order valence-electron chi connectivity index (χ4n) is 1.44. The summed E-state index contributed by atoms with van der Waals surface area (Å²) in [5, 5.41) is 11.5. The fourth-order valence-corrected chi connectivity index (χ4v) is 1.65. The van der Waals surface area contributed by atoms with E-state index in [0.29, 0.717) is 5.02 Å². The summed E-state index contributed by atoms with van der Waals surface area (Å²) in [7, 11) is 0. The molecular weight excluding hydrogens is 188 g/mol. The lowest BCUT2D eigenvalue weighted by Gasteiger charge is -2.29. The minimum Gasteiger partial charge on any atom is -0.366 e. The first-order valence-corrected chi connectivity index (χ1v) is 4.67. The van der Waals surface area contributed by atoms with Crippen molar-refractivity contribution in [3.8, 4) is 0 Å². The van der Waals surface area contributed by atoms with Gasteiger partial charge in [0.1, 0.15) is 0 Å². The predicted molar refractivity (Wildman–Crippen MR) is 52.1 cm³/mol. The van der Waals surface area contributed by atoms with Crippen molar-refractivity contribution in [3.05, 3.63) is 17.4 Å². The van der Waals surface area contributed by atoms with Crippen LogP contribution in [0.4, 0.5) is 5.69 Å². The summed E-state index contributed by atoms with van der Waals surface area (Å²) in [4.78, 5) is 2.22. The van der Waals surface area contributed by atoms with E-state index in [-0.39, 0.29) is 0 Å². The van der Waals surface area contributed by atoms with E-state index >= 15 is 0 Å². The van der Waals surface area contributed by atoms with Crippen LogP contribution in [0.1, 0.15) is 0 Å². The molecule has 0 aliphatic carbocycles. The van der Waals surface area contributed by atoms with Crippen LogP contribution in [0.2, 0.25) is 5.02 Å². The van der Waals surface area contributed by atoms with Gasteiger partial charge in [0.15, 0.2) is 0 Å². The normalized spacial score (nSPS) is 17.5. The Labute approximate surface area is 81.9 Å². The van der Waals surface area contributed by atoms with Gasteiger partial charge < -0.3 is 10.2 Å². The van der Waals surface area contributed by atoms with Crippen LogP contribution < -0.4 is 10.2 Å². The van der Waals surface area contributed by atoms with E-state index in [1.54, 1.807) is 12.4 Å². The van der Waals surface area contributed by atoms with E-state index in [9.17, 15) is 0 Å². The molecule has 1 saturated heterocycles. The summed E-state index contributed by atoms with van der Waals surface area (Å²) in [5.41, 5.74) is 0.984. The fraction of sp³-hybridized carbons (Fsp3) is 0.500. The van der Waals surface area contributed by atoms with E-state index in [1.165, 1.54) is 0 Å². The highest BCUT2D eigenvalue weighted by Gasteiger charge is 2.13. The quantitative estimate of drug-likeness (QED) is 0.715. The van der Waals surface area contributed by atoms with Gasteiger partial charge in [0.2, 0.25) is 0 Å². The van der Waals surface area contributed by atoms with E-state index in [0.717, 1.165) is 31.9 Å². The largest absolute Gasteiger partial charge is 0.366 e. The van der Waals surface area contributed by atoms with Crippen molar-refractivity contribution in [3.63, 3.8) is 0 Å². The van der Waals surface area contributed by atoms with Gasteiger partial charge in [-0.05, 0) is 0 Å². The maximum atomic E-state index is 5.99. The highest BCUT2D eigenvalue weighted by atomic mass is 35.5. The van der Waals surface area contributed by atoms with Crippen LogP contribution in [-0.4, -0.2) is 36.4 Å². The summed E-state index contributed by atoms with van der Waals surface area (Å²) in [6.07, 6.45) is 3.30. The minimum atomic E-state index is 0.678. The lowest BCUT2D eigenvalue weighted by atomic mass is 10.3. The van der Waals surface area contributed by atoms with Crippen LogP contribution in [0.3, 0.4) is 0 Å². The SMILES string of the molecule is Clc1cnncc1N1CCNCC1. The Morgan fingerprint density at radius 2 is 1.92 bits per heavy atom. The van der Waals surface area contributed by atoms with E-state index in [1.807, 2.05) is 0 Å². The standard InChI is InChI=1S/C8H11ClN4/c9-7-5-11-12-6-8(7)13-3-1-10-2-4-13/h5-6,10H,1-4H2. The Morgan fingerprint density at radius 3 is 2.62 bits per heavy atom. The van der Waals surface area contributed by atoms with Gasteiger partial charge in [0.05, 0.1) is 23.1 Å². The van der Waals surface area contributed by atoms with E-state index in [2.05, 4.69) is 20.4 Å². The topological polar surface area (TPSA) is 41.1 Å². The number of hydrogen-bond donors (Lipinski definition) is 1. The predicted octanol–water partition coefficient (Wildman–Crippen LogP) is 0.540. The molecule has 13 heavy (non-hydrogen) atoms. The molecule has 4 nitrogen and oxygen atoms in total. The molecule has 70 valence electrons. The zero-order chi connectivity index (χ0) is 9.10. The number of nitrogens with zero attached hydrogens (tertiary/aromatic N) is 3. The Hall–Kier alpha value is -0.870. The average Bonchev–Trinajstić information content (AvgIpc) is 2.20. The number of aromatic nitrogens is 2. The van der Waals surface area contributed by atoms with Gasteiger partial charge >= 0.3 is 0 Å². The maximum Gasteiger partial charge on any atom is 0.0857 e. The second-order valence-electron chi connectivity index (χ2n) is 2.96. The Balaban J connectivity index is 2.18. The molecule has 0 aromatic carbocycles. The second-order valence-corrected chi connectivity index (χ2v) is 3.37. The molecule has 1 aromatic heterocycles. The number of rotatable bonds is 1. The smallest absolute Gasteiger partial charge is 0.0857 e. The number of halogens is 1. The lowest BCUT2D eigenvalue weighted by Crippen LogP contribution is -2.43. The van der Waals surface area contributed by atoms with Crippen molar-refractivity contribution in [1.29, 1.82) is 0 Å². The molecule has 0 unspecified atom stereocenters. The summed E-state index contributed by atoms with van der Waals surface area (Å²) >= 11 is 5.99. The number of piperazine rings is 1. The first-order chi connectivity index (χ1) is 6.38. The third-order valence-corrected chi connectivity index (χ3v) is 2.41. The highest BCUT2D eigenvalue weighted by molar-refractivity contribution is 6.33. The van der Waals surface area contributed by atoms with Crippen LogP contribution in [0.5, 0.6) is 0 Å². The van der Waals surface area contributed by atoms with Crippen molar-refractivity contribution in [1.82, 2.24) is 15.5 Å². The Bertz CT molecular complexity index is 285. The molecule has 0 atom stereocenters. The molecule has 1 N–H and O–H groups in total. The molecule has 1 aromatic rings. The molecule has 0 bridgehead atoms. The molecular formula is C8H11ClN4. The molecule has 5 heteroatoms. The molecule has 0 amide bonds. The van der Waals surface area contributed by atoms with Crippen molar-refractivity contribution < 1.29 is 0 Å². The van der Waals surface area contributed by atoms with Crippen molar-refractivity contribution in [2.24, 2.45) is 0 Å². The highest BCUT2D eigenvalue weighted by Crippen LogP contribution is 2.22. The van der Waals surface area contributed by atoms with Crippen molar-refractivity contribution in [2.75, 3.05) is 31.1 Å². The van der Waals surface area contributed by atoms with Gasteiger partial charge in [0.25, 0.3) is 0 Å². The zero-order valence-electron chi connectivity index (χ0n) is 7.20. The first kappa shape index (κ1) is 8.72. The number of hydrogen-bond acceptors (Lipinski definition) is 4. The zero-order valence-corrected chi connectivity index (χ0v) is 7.96. The van der Waals surface area contributed by atoms with Crippen molar-refractivity contribution in [2.45, 2.75) is 0 Å². The molecule has 0 saturated carbocycles. The molecule has 0 radical (unpaired) electrons. The van der Waals surface area contributed by atoms with Gasteiger partial charge in [-0.2, -0.15) is 10.2 Å². The first-order valence-electron chi connectivity index (χ1n) is 4.30. The molecule has 1 aliphatic rings. The van der Waals surface area contributed by atoms with Gasteiger partial charge in [-0.15, -0.1) is 0 Å². The molecule has 2 heterocycles. The number of nitrogens with one attached hydrogen (secondary N) is 1. The van der Waals surface area contributed by atoms with Gasteiger partial charge in [-0.25, -0.2) is 0 Å². The van der Waals surface area contributed by atoms with Crippen LogP contribution in [0.25, 0.3) is 0 Å². The second kappa shape index (κ2) is 3.89. The van der Waals surface area contributed by atoms with Gasteiger partial charge in [0, 0.05) is 26.2 Å². The van der Waals surface area contributed by atoms with Gasteiger partial charge in [-0.1, -0.05) is 11.6 Å². The molecule has 2 rings (SSSR count).